The van der Waals surface area contributed by atoms with E-state index in [9.17, 15) is 9.18 Å². The molecule has 2 fully saturated rings. The minimum atomic E-state index is -0.221. The first kappa shape index (κ1) is 16.1. The van der Waals surface area contributed by atoms with Crippen molar-refractivity contribution in [2.45, 2.75) is 31.2 Å². The molecule has 4 nitrogen and oxygen atoms in total. The SMILES string of the molecule is O=C(N[C@@H]1CCCN(c2cccc(F)c2)C1)[C@H]1C[C@@H]1c1cccnc1. The Hall–Kier alpha value is -2.43. The summed E-state index contributed by atoms with van der Waals surface area (Å²) in [5.74, 6) is 0.284. The second-order valence-corrected chi connectivity index (χ2v) is 7.01. The fourth-order valence-electron chi connectivity index (χ4n) is 3.76. The van der Waals surface area contributed by atoms with Crippen molar-refractivity contribution in [3.63, 3.8) is 0 Å². The predicted molar refractivity (Wildman–Crippen MR) is 94.9 cm³/mol. The van der Waals surface area contributed by atoms with Gasteiger partial charge < -0.3 is 10.2 Å². The van der Waals surface area contributed by atoms with Crippen LogP contribution in [-0.4, -0.2) is 30.0 Å². The van der Waals surface area contributed by atoms with Gasteiger partial charge in [-0.2, -0.15) is 0 Å². The molecule has 1 aliphatic carbocycles. The van der Waals surface area contributed by atoms with Gasteiger partial charge in [0.15, 0.2) is 0 Å². The number of pyridine rings is 1. The van der Waals surface area contributed by atoms with Gasteiger partial charge in [-0.25, -0.2) is 4.39 Å². The normalized spacial score (nSPS) is 25.5. The molecule has 1 saturated carbocycles. The molecule has 2 heterocycles. The zero-order valence-corrected chi connectivity index (χ0v) is 14.1. The molecule has 3 atom stereocenters. The maximum atomic E-state index is 13.4. The first-order valence-electron chi connectivity index (χ1n) is 8.91. The average molecular weight is 339 g/mol. The van der Waals surface area contributed by atoms with E-state index in [1.165, 1.54) is 6.07 Å². The second kappa shape index (κ2) is 6.82. The van der Waals surface area contributed by atoms with E-state index < -0.39 is 0 Å². The number of carbonyl (C=O) groups is 1. The van der Waals surface area contributed by atoms with Crippen LogP contribution in [0, 0.1) is 11.7 Å². The van der Waals surface area contributed by atoms with Gasteiger partial charge >= 0.3 is 0 Å². The molecule has 0 unspecified atom stereocenters. The number of rotatable bonds is 4. The molecule has 2 aromatic rings. The van der Waals surface area contributed by atoms with Gasteiger partial charge in [-0.1, -0.05) is 12.1 Å². The maximum Gasteiger partial charge on any atom is 0.224 e. The summed E-state index contributed by atoms with van der Waals surface area (Å²) < 4.78 is 13.4. The van der Waals surface area contributed by atoms with Crippen LogP contribution in [-0.2, 0) is 4.79 Å². The molecule has 1 aromatic heterocycles. The molecule has 1 N–H and O–H groups in total. The largest absolute Gasteiger partial charge is 0.369 e. The fraction of sp³-hybridized carbons (Fsp3) is 0.400. The van der Waals surface area contributed by atoms with Crippen molar-refractivity contribution in [2.75, 3.05) is 18.0 Å². The van der Waals surface area contributed by atoms with Crippen molar-refractivity contribution < 1.29 is 9.18 Å². The number of piperidine rings is 1. The maximum absolute atomic E-state index is 13.4. The average Bonchev–Trinajstić information content (AvgIpc) is 3.44. The van der Waals surface area contributed by atoms with Crippen molar-refractivity contribution in [3.05, 3.63) is 60.2 Å². The molecule has 0 spiro atoms. The Morgan fingerprint density at radius 2 is 2.20 bits per heavy atom. The highest BCUT2D eigenvalue weighted by Gasteiger charge is 2.44. The number of nitrogens with one attached hydrogen (secondary N) is 1. The number of amides is 1. The van der Waals surface area contributed by atoms with E-state index in [0.717, 1.165) is 43.6 Å². The predicted octanol–water partition coefficient (Wildman–Crippen LogP) is 3.11. The summed E-state index contributed by atoms with van der Waals surface area (Å²) in [6.45, 7) is 1.64. The van der Waals surface area contributed by atoms with Crippen LogP contribution in [0.5, 0.6) is 0 Å². The van der Waals surface area contributed by atoms with Crippen molar-refractivity contribution in [1.29, 1.82) is 0 Å². The number of hydrogen-bond acceptors (Lipinski definition) is 3. The quantitative estimate of drug-likeness (QED) is 0.931. The van der Waals surface area contributed by atoms with Gasteiger partial charge in [0.2, 0.25) is 5.91 Å². The minimum absolute atomic E-state index is 0.0637. The molecule has 1 aliphatic heterocycles. The Labute approximate surface area is 147 Å². The van der Waals surface area contributed by atoms with Crippen LogP contribution in [0.25, 0.3) is 0 Å². The lowest BCUT2D eigenvalue weighted by atomic mass is 10.0. The molecule has 1 amide bonds. The van der Waals surface area contributed by atoms with E-state index in [-0.39, 0.29) is 23.7 Å². The topological polar surface area (TPSA) is 45.2 Å². The van der Waals surface area contributed by atoms with E-state index in [1.54, 1.807) is 18.3 Å². The third kappa shape index (κ3) is 3.65. The third-order valence-electron chi connectivity index (χ3n) is 5.18. The number of carbonyl (C=O) groups excluding carboxylic acids is 1. The Morgan fingerprint density at radius 1 is 1.28 bits per heavy atom. The zero-order chi connectivity index (χ0) is 17.2. The summed E-state index contributed by atoms with van der Waals surface area (Å²) >= 11 is 0. The lowest BCUT2D eigenvalue weighted by molar-refractivity contribution is -0.123. The number of benzene rings is 1. The van der Waals surface area contributed by atoms with Crippen molar-refractivity contribution in [2.24, 2.45) is 5.92 Å². The first-order valence-corrected chi connectivity index (χ1v) is 8.91. The highest BCUT2D eigenvalue weighted by molar-refractivity contribution is 5.83. The Morgan fingerprint density at radius 3 is 3.00 bits per heavy atom. The third-order valence-corrected chi connectivity index (χ3v) is 5.18. The fourth-order valence-corrected chi connectivity index (χ4v) is 3.76. The van der Waals surface area contributed by atoms with Gasteiger partial charge in [0.25, 0.3) is 0 Å². The van der Waals surface area contributed by atoms with Gasteiger partial charge in [-0.05, 0) is 55.0 Å². The molecule has 1 aromatic carbocycles. The van der Waals surface area contributed by atoms with Crippen LogP contribution in [0.4, 0.5) is 10.1 Å². The smallest absolute Gasteiger partial charge is 0.224 e. The van der Waals surface area contributed by atoms with Gasteiger partial charge in [0.1, 0.15) is 5.82 Å². The summed E-state index contributed by atoms with van der Waals surface area (Å²) in [5, 5.41) is 3.20. The van der Waals surface area contributed by atoms with E-state index in [2.05, 4.69) is 15.2 Å². The van der Waals surface area contributed by atoms with Gasteiger partial charge in [0, 0.05) is 43.1 Å². The van der Waals surface area contributed by atoms with Crippen molar-refractivity contribution in [1.82, 2.24) is 10.3 Å². The lowest BCUT2D eigenvalue weighted by Crippen LogP contribution is -2.48. The molecule has 5 heteroatoms. The summed E-state index contributed by atoms with van der Waals surface area (Å²) in [6, 6.07) is 10.8. The van der Waals surface area contributed by atoms with Gasteiger partial charge in [-0.3, -0.25) is 9.78 Å². The molecule has 1 saturated heterocycles. The van der Waals surface area contributed by atoms with E-state index in [0.29, 0.717) is 5.92 Å². The van der Waals surface area contributed by atoms with Crippen LogP contribution in [0.1, 0.15) is 30.7 Å². The molecule has 4 rings (SSSR count). The number of nitrogens with zero attached hydrogens (tertiary/aromatic N) is 2. The van der Waals surface area contributed by atoms with Crippen LogP contribution >= 0.6 is 0 Å². The monoisotopic (exact) mass is 339 g/mol. The molecule has 0 radical (unpaired) electrons. The number of aromatic nitrogens is 1. The lowest BCUT2D eigenvalue weighted by Gasteiger charge is -2.34. The minimum Gasteiger partial charge on any atom is -0.369 e. The number of hydrogen-bond donors (Lipinski definition) is 1. The second-order valence-electron chi connectivity index (χ2n) is 7.01. The summed E-state index contributed by atoms with van der Waals surface area (Å²) in [5.41, 5.74) is 2.03. The Balaban J connectivity index is 1.34. The molecule has 2 aliphatic rings. The van der Waals surface area contributed by atoms with Gasteiger partial charge in [0.05, 0.1) is 0 Å². The first-order chi connectivity index (χ1) is 12.2. The zero-order valence-electron chi connectivity index (χ0n) is 14.1. The summed E-state index contributed by atoms with van der Waals surface area (Å²) in [4.78, 5) is 18.8. The van der Waals surface area contributed by atoms with E-state index >= 15 is 0 Å². The molecule has 0 bridgehead atoms. The van der Waals surface area contributed by atoms with Crippen molar-refractivity contribution in [3.8, 4) is 0 Å². The molecule has 130 valence electrons. The standard InChI is InChI=1S/C20H22FN3O/c21-15-5-1-7-17(10-15)24-9-3-6-16(13-24)23-20(25)19-11-18(19)14-4-2-8-22-12-14/h1-2,4-5,7-8,10,12,16,18-19H,3,6,9,11,13H2,(H,23,25)/t16-,18-,19+/m1/s1. The van der Waals surface area contributed by atoms with Gasteiger partial charge in [-0.15, -0.1) is 0 Å². The van der Waals surface area contributed by atoms with Crippen LogP contribution in [0.15, 0.2) is 48.8 Å². The molecular weight excluding hydrogens is 317 g/mol. The van der Waals surface area contributed by atoms with Crippen LogP contribution in [0.2, 0.25) is 0 Å². The van der Waals surface area contributed by atoms with E-state index in [1.807, 2.05) is 24.4 Å². The summed E-state index contributed by atoms with van der Waals surface area (Å²) in [7, 11) is 0. The summed E-state index contributed by atoms with van der Waals surface area (Å²) in [6.07, 6.45) is 6.48. The Bertz CT molecular complexity index is 752. The highest BCUT2D eigenvalue weighted by atomic mass is 19.1. The Kier molecular flexibility index (Phi) is 4.38. The van der Waals surface area contributed by atoms with Crippen LogP contribution < -0.4 is 10.2 Å². The van der Waals surface area contributed by atoms with Crippen LogP contribution in [0.3, 0.4) is 0 Å². The molecule has 25 heavy (non-hydrogen) atoms. The number of halogens is 1. The van der Waals surface area contributed by atoms with E-state index in [4.69, 9.17) is 0 Å². The molecular formula is C20H22FN3O. The highest BCUT2D eigenvalue weighted by Crippen LogP contribution is 2.47. The number of anilines is 1. The van der Waals surface area contributed by atoms with Crippen molar-refractivity contribution >= 4 is 11.6 Å².